The standard InChI is InChI=1S/C12H21N3O3S/c1-5-7-15-8-12(13-10(15)4)19(17,18)14-9(3)11(16)6-2/h8-9,14H,5-7H2,1-4H3. The molecule has 1 atom stereocenters. The molecule has 0 fully saturated rings. The molecular weight excluding hydrogens is 266 g/mol. The van der Waals surface area contributed by atoms with Crippen LogP contribution < -0.4 is 4.72 Å². The van der Waals surface area contributed by atoms with Gasteiger partial charge in [0.05, 0.1) is 6.04 Å². The first-order valence-electron chi connectivity index (χ1n) is 6.40. The number of nitrogens with one attached hydrogen (secondary N) is 1. The summed E-state index contributed by atoms with van der Waals surface area (Å²) in [5.74, 6) is 0.505. The summed E-state index contributed by atoms with van der Waals surface area (Å²) >= 11 is 0. The van der Waals surface area contributed by atoms with Crippen molar-refractivity contribution in [1.82, 2.24) is 14.3 Å². The number of carbonyl (C=O) groups is 1. The number of carbonyl (C=O) groups excluding carboxylic acids is 1. The zero-order valence-electron chi connectivity index (χ0n) is 11.8. The summed E-state index contributed by atoms with van der Waals surface area (Å²) in [5.41, 5.74) is 0. The Balaban J connectivity index is 2.94. The van der Waals surface area contributed by atoms with Gasteiger partial charge in [0.25, 0.3) is 10.0 Å². The number of imidazole rings is 1. The minimum atomic E-state index is -3.74. The van der Waals surface area contributed by atoms with Crippen LogP contribution in [0.25, 0.3) is 0 Å². The molecule has 0 spiro atoms. The molecule has 1 rings (SSSR count). The maximum absolute atomic E-state index is 12.1. The number of ketones is 1. The van der Waals surface area contributed by atoms with Gasteiger partial charge in [-0.25, -0.2) is 13.4 Å². The second-order valence-corrected chi connectivity index (χ2v) is 6.14. The summed E-state index contributed by atoms with van der Waals surface area (Å²) < 4.78 is 28.3. The maximum atomic E-state index is 12.1. The van der Waals surface area contributed by atoms with Crippen LogP contribution in [0.5, 0.6) is 0 Å². The average molecular weight is 287 g/mol. The zero-order valence-corrected chi connectivity index (χ0v) is 12.6. The number of rotatable bonds is 7. The van der Waals surface area contributed by atoms with E-state index in [0.717, 1.165) is 13.0 Å². The lowest BCUT2D eigenvalue weighted by molar-refractivity contribution is -0.119. The largest absolute Gasteiger partial charge is 0.334 e. The summed E-state index contributed by atoms with van der Waals surface area (Å²) in [7, 11) is -3.74. The number of nitrogens with zero attached hydrogens (tertiary/aromatic N) is 2. The first-order valence-corrected chi connectivity index (χ1v) is 7.89. The molecule has 1 heterocycles. The van der Waals surface area contributed by atoms with E-state index < -0.39 is 16.1 Å². The van der Waals surface area contributed by atoms with E-state index in [0.29, 0.717) is 12.2 Å². The van der Waals surface area contributed by atoms with E-state index in [1.54, 1.807) is 25.3 Å². The summed E-state index contributed by atoms with van der Waals surface area (Å²) in [5, 5.41) is -0.0331. The van der Waals surface area contributed by atoms with Crippen molar-refractivity contribution in [2.45, 2.75) is 58.1 Å². The van der Waals surface area contributed by atoms with Crippen molar-refractivity contribution in [1.29, 1.82) is 0 Å². The minimum Gasteiger partial charge on any atom is -0.334 e. The summed E-state index contributed by atoms with van der Waals surface area (Å²) in [6.45, 7) is 7.73. The molecule has 1 unspecified atom stereocenters. The van der Waals surface area contributed by atoms with E-state index in [1.807, 2.05) is 6.92 Å². The quantitative estimate of drug-likeness (QED) is 0.818. The molecule has 1 N–H and O–H groups in total. The SMILES string of the molecule is CCCn1cc(S(=O)(=O)NC(C)C(=O)CC)nc1C. The molecule has 0 radical (unpaired) electrons. The third kappa shape index (κ3) is 3.87. The second kappa shape index (κ2) is 6.29. The van der Waals surface area contributed by atoms with Crippen LogP contribution in [0.3, 0.4) is 0 Å². The predicted octanol–water partition coefficient (Wildman–Crippen LogP) is 1.25. The van der Waals surface area contributed by atoms with Gasteiger partial charge in [-0.2, -0.15) is 4.72 Å². The number of hydrogen-bond donors (Lipinski definition) is 1. The van der Waals surface area contributed by atoms with Crippen LogP contribution in [0.4, 0.5) is 0 Å². The average Bonchev–Trinajstić information content (AvgIpc) is 2.71. The Bertz CT molecular complexity index is 549. The Labute approximate surface area is 114 Å². The molecular formula is C12H21N3O3S. The van der Waals surface area contributed by atoms with Gasteiger partial charge in [-0.1, -0.05) is 13.8 Å². The van der Waals surface area contributed by atoms with Crippen LogP contribution in [-0.2, 0) is 21.4 Å². The second-order valence-electron chi connectivity index (χ2n) is 4.48. The molecule has 108 valence electrons. The van der Waals surface area contributed by atoms with Gasteiger partial charge in [0, 0.05) is 19.2 Å². The highest BCUT2D eigenvalue weighted by Gasteiger charge is 2.23. The summed E-state index contributed by atoms with van der Waals surface area (Å²) in [6, 6.07) is -0.730. The van der Waals surface area contributed by atoms with Crippen molar-refractivity contribution in [2.24, 2.45) is 0 Å². The highest BCUT2D eigenvalue weighted by atomic mass is 32.2. The highest BCUT2D eigenvalue weighted by molar-refractivity contribution is 7.89. The Kier molecular flexibility index (Phi) is 5.25. The lowest BCUT2D eigenvalue weighted by Crippen LogP contribution is -2.38. The molecule has 0 amide bonds. The molecule has 0 bridgehead atoms. The number of aryl methyl sites for hydroxylation is 2. The van der Waals surface area contributed by atoms with Gasteiger partial charge >= 0.3 is 0 Å². The number of Topliss-reactive ketones (excluding diaryl/α,β-unsaturated/α-hetero) is 1. The molecule has 1 aromatic rings. The van der Waals surface area contributed by atoms with Crippen LogP contribution in [0.15, 0.2) is 11.2 Å². The molecule has 1 aromatic heterocycles. The number of sulfonamides is 1. The lowest BCUT2D eigenvalue weighted by atomic mass is 10.2. The fourth-order valence-electron chi connectivity index (χ4n) is 1.74. The first-order chi connectivity index (χ1) is 8.81. The van der Waals surface area contributed by atoms with Crippen molar-refractivity contribution in [3.05, 3.63) is 12.0 Å². The molecule has 19 heavy (non-hydrogen) atoms. The fraction of sp³-hybridized carbons (Fsp3) is 0.667. The van der Waals surface area contributed by atoms with Crippen molar-refractivity contribution >= 4 is 15.8 Å². The minimum absolute atomic E-state index is 0.0331. The van der Waals surface area contributed by atoms with Gasteiger partial charge in [-0.3, -0.25) is 4.79 Å². The molecule has 0 aromatic carbocycles. The molecule has 0 saturated heterocycles. The van der Waals surface area contributed by atoms with E-state index in [1.165, 1.54) is 6.20 Å². The van der Waals surface area contributed by atoms with E-state index in [9.17, 15) is 13.2 Å². The third-order valence-electron chi connectivity index (χ3n) is 2.86. The van der Waals surface area contributed by atoms with Gasteiger partial charge < -0.3 is 4.57 Å². The Morgan fingerprint density at radius 1 is 1.47 bits per heavy atom. The normalized spacial score (nSPS) is 13.5. The highest BCUT2D eigenvalue weighted by Crippen LogP contribution is 2.10. The molecule has 0 aliphatic heterocycles. The summed E-state index contributed by atoms with van der Waals surface area (Å²) in [4.78, 5) is 15.5. The van der Waals surface area contributed by atoms with Crippen LogP contribution >= 0.6 is 0 Å². The molecule has 0 aliphatic rings. The van der Waals surface area contributed by atoms with Crippen LogP contribution in [0, 0.1) is 6.92 Å². The van der Waals surface area contributed by atoms with Gasteiger partial charge in [0.1, 0.15) is 11.6 Å². The Hall–Kier alpha value is -1.21. The monoisotopic (exact) mass is 287 g/mol. The van der Waals surface area contributed by atoms with Crippen LogP contribution in [0.1, 0.15) is 39.4 Å². The topological polar surface area (TPSA) is 81.1 Å². The van der Waals surface area contributed by atoms with Gasteiger partial charge in [-0.15, -0.1) is 0 Å². The van der Waals surface area contributed by atoms with Gasteiger partial charge in [0.15, 0.2) is 5.03 Å². The van der Waals surface area contributed by atoms with E-state index in [2.05, 4.69) is 9.71 Å². The lowest BCUT2D eigenvalue weighted by Gasteiger charge is -2.10. The van der Waals surface area contributed by atoms with Crippen molar-refractivity contribution in [2.75, 3.05) is 0 Å². The van der Waals surface area contributed by atoms with E-state index in [-0.39, 0.29) is 10.8 Å². The molecule has 0 aliphatic carbocycles. The fourth-order valence-corrected chi connectivity index (χ4v) is 2.98. The zero-order chi connectivity index (χ0) is 14.6. The Morgan fingerprint density at radius 2 is 2.11 bits per heavy atom. The van der Waals surface area contributed by atoms with Crippen LogP contribution in [0.2, 0.25) is 0 Å². The van der Waals surface area contributed by atoms with Gasteiger partial charge in [-0.05, 0) is 20.3 Å². The maximum Gasteiger partial charge on any atom is 0.260 e. The van der Waals surface area contributed by atoms with Crippen LogP contribution in [-0.4, -0.2) is 29.8 Å². The molecule has 7 heteroatoms. The third-order valence-corrected chi connectivity index (χ3v) is 4.27. The number of aromatic nitrogens is 2. The number of hydrogen-bond acceptors (Lipinski definition) is 4. The predicted molar refractivity (Wildman–Crippen MR) is 72.3 cm³/mol. The first kappa shape index (κ1) is 15.8. The van der Waals surface area contributed by atoms with E-state index >= 15 is 0 Å². The molecule has 0 saturated carbocycles. The smallest absolute Gasteiger partial charge is 0.260 e. The Morgan fingerprint density at radius 3 is 2.63 bits per heavy atom. The van der Waals surface area contributed by atoms with E-state index in [4.69, 9.17) is 0 Å². The van der Waals surface area contributed by atoms with Crippen molar-refractivity contribution < 1.29 is 13.2 Å². The van der Waals surface area contributed by atoms with Crippen molar-refractivity contribution in [3.8, 4) is 0 Å². The van der Waals surface area contributed by atoms with Gasteiger partial charge in [0.2, 0.25) is 0 Å². The van der Waals surface area contributed by atoms with Crippen molar-refractivity contribution in [3.63, 3.8) is 0 Å². The summed E-state index contributed by atoms with van der Waals surface area (Å²) in [6.07, 6.45) is 2.70. The molecule has 6 nitrogen and oxygen atoms in total.